The third-order valence-electron chi connectivity index (χ3n) is 3.56. The Kier molecular flexibility index (Phi) is 6.44. The largest absolute Gasteiger partial charge is 0.315 e. The molecule has 1 unspecified atom stereocenters. The summed E-state index contributed by atoms with van der Waals surface area (Å²) in [7, 11) is -2.70. The molecule has 0 aliphatic carbocycles. The summed E-state index contributed by atoms with van der Waals surface area (Å²) < 4.78 is 22.5. The van der Waals surface area contributed by atoms with E-state index in [2.05, 4.69) is 24.1 Å². The lowest BCUT2D eigenvalue weighted by Gasteiger charge is -2.18. The smallest absolute Gasteiger partial charge is 0.150 e. The highest BCUT2D eigenvalue weighted by molar-refractivity contribution is 7.91. The number of nitrogens with zero attached hydrogens (tertiary/aromatic N) is 1. The first-order valence-corrected chi connectivity index (χ1v) is 8.53. The zero-order valence-corrected chi connectivity index (χ0v) is 11.9. The normalized spacial score (nSPS) is 23.4. The van der Waals surface area contributed by atoms with Gasteiger partial charge >= 0.3 is 0 Å². The molecule has 1 aliphatic rings. The molecule has 1 atom stereocenters. The molecule has 0 aromatic carbocycles. The topological polar surface area (TPSA) is 49.4 Å². The first-order valence-electron chi connectivity index (χ1n) is 6.71. The van der Waals surface area contributed by atoms with Crippen molar-refractivity contribution in [2.75, 3.05) is 44.2 Å². The van der Waals surface area contributed by atoms with Gasteiger partial charge in [0.15, 0.2) is 9.84 Å². The molecule has 4 nitrogen and oxygen atoms in total. The number of rotatable bonds is 8. The van der Waals surface area contributed by atoms with Gasteiger partial charge in [-0.05, 0) is 38.4 Å². The number of hydrogen-bond acceptors (Lipinski definition) is 4. The van der Waals surface area contributed by atoms with Crippen LogP contribution in [-0.4, -0.2) is 57.5 Å². The van der Waals surface area contributed by atoms with Crippen LogP contribution in [0.3, 0.4) is 0 Å². The van der Waals surface area contributed by atoms with E-state index in [1.165, 1.54) is 0 Å². The summed E-state index contributed by atoms with van der Waals surface area (Å²) in [6, 6.07) is 0. The lowest BCUT2D eigenvalue weighted by atomic mass is 10.1. The predicted octanol–water partition coefficient (Wildman–Crippen LogP) is 0.743. The van der Waals surface area contributed by atoms with Gasteiger partial charge in [0.25, 0.3) is 0 Å². The van der Waals surface area contributed by atoms with Crippen LogP contribution >= 0.6 is 0 Å². The molecular weight excluding hydrogens is 236 g/mol. The fraction of sp³-hybridized carbons (Fsp3) is 1.00. The van der Waals surface area contributed by atoms with Crippen LogP contribution in [0.5, 0.6) is 0 Å². The summed E-state index contributed by atoms with van der Waals surface area (Å²) in [5, 5.41) is 3.40. The number of likely N-dealkylation sites (N-methyl/N-ethyl adjacent to an activating group) is 1. The molecular formula is C12H26N2O2S. The summed E-state index contributed by atoms with van der Waals surface area (Å²) >= 11 is 0. The Balaban J connectivity index is 2.02. The van der Waals surface area contributed by atoms with Crippen molar-refractivity contribution in [3.63, 3.8) is 0 Å². The predicted molar refractivity (Wildman–Crippen MR) is 72.0 cm³/mol. The summed E-state index contributed by atoms with van der Waals surface area (Å²) in [5.41, 5.74) is 0. The minimum absolute atomic E-state index is 0.390. The van der Waals surface area contributed by atoms with Crippen LogP contribution in [0.2, 0.25) is 0 Å². The third kappa shape index (κ3) is 5.84. The van der Waals surface area contributed by atoms with E-state index in [0.717, 1.165) is 45.6 Å². The van der Waals surface area contributed by atoms with Crippen LogP contribution in [0.25, 0.3) is 0 Å². The molecule has 0 bridgehead atoms. The molecule has 1 fully saturated rings. The lowest BCUT2D eigenvalue weighted by molar-refractivity contribution is 0.301. The molecule has 0 amide bonds. The molecule has 0 saturated carbocycles. The Labute approximate surface area is 106 Å². The SMILES string of the molecule is CCN(CC)CCNCCC1CCS(=O)(=O)C1. The van der Waals surface area contributed by atoms with E-state index in [9.17, 15) is 8.42 Å². The van der Waals surface area contributed by atoms with Crippen LogP contribution in [-0.2, 0) is 9.84 Å². The van der Waals surface area contributed by atoms with Crippen LogP contribution in [0.15, 0.2) is 0 Å². The summed E-state index contributed by atoms with van der Waals surface area (Å²) in [4.78, 5) is 2.38. The van der Waals surface area contributed by atoms with Gasteiger partial charge < -0.3 is 10.2 Å². The van der Waals surface area contributed by atoms with Crippen molar-refractivity contribution < 1.29 is 8.42 Å². The number of nitrogens with one attached hydrogen (secondary N) is 1. The Morgan fingerprint density at radius 3 is 2.47 bits per heavy atom. The maximum atomic E-state index is 11.3. The molecule has 0 aromatic heterocycles. The molecule has 0 spiro atoms. The Morgan fingerprint density at radius 2 is 1.94 bits per heavy atom. The monoisotopic (exact) mass is 262 g/mol. The summed E-state index contributed by atoms with van der Waals surface area (Å²) in [5.74, 6) is 1.20. The molecule has 1 rings (SSSR count). The van der Waals surface area contributed by atoms with Crippen molar-refractivity contribution in [1.82, 2.24) is 10.2 Å². The van der Waals surface area contributed by atoms with Crippen LogP contribution in [0.4, 0.5) is 0 Å². The molecule has 0 aromatic rings. The van der Waals surface area contributed by atoms with E-state index < -0.39 is 9.84 Å². The van der Waals surface area contributed by atoms with Gasteiger partial charge in [-0.3, -0.25) is 0 Å². The van der Waals surface area contributed by atoms with Gasteiger partial charge in [0.2, 0.25) is 0 Å². The fourth-order valence-corrected chi connectivity index (χ4v) is 4.22. The van der Waals surface area contributed by atoms with Crippen LogP contribution in [0, 0.1) is 5.92 Å². The fourth-order valence-electron chi connectivity index (χ4n) is 2.31. The Bertz CT molecular complexity index is 300. The van der Waals surface area contributed by atoms with Gasteiger partial charge in [-0.25, -0.2) is 8.42 Å². The van der Waals surface area contributed by atoms with E-state index in [4.69, 9.17) is 0 Å². The minimum atomic E-state index is -2.70. The molecule has 1 saturated heterocycles. The van der Waals surface area contributed by atoms with Crippen molar-refractivity contribution >= 4 is 9.84 Å². The summed E-state index contributed by atoms with van der Waals surface area (Å²) in [6.07, 6.45) is 1.86. The van der Waals surface area contributed by atoms with Gasteiger partial charge in [-0.1, -0.05) is 13.8 Å². The van der Waals surface area contributed by atoms with E-state index >= 15 is 0 Å². The Morgan fingerprint density at radius 1 is 1.24 bits per heavy atom. The molecule has 1 aliphatic heterocycles. The minimum Gasteiger partial charge on any atom is -0.315 e. The lowest BCUT2D eigenvalue weighted by Crippen LogP contribution is -2.32. The highest BCUT2D eigenvalue weighted by Gasteiger charge is 2.26. The maximum Gasteiger partial charge on any atom is 0.150 e. The molecule has 1 N–H and O–H groups in total. The standard InChI is InChI=1S/C12H26N2O2S/c1-3-14(4-2)9-8-13-7-5-12-6-10-17(15,16)11-12/h12-13H,3-11H2,1-2H3. The molecule has 102 valence electrons. The average molecular weight is 262 g/mol. The van der Waals surface area contributed by atoms with Gasteiger partial charge in [-0.15, -0.1) is 0 Å². The highest BCUT2D eigenvalue weighted by atomic mass is 32.2. The van der Waals surface area contributed by atoms with E-state index in [1.54, 1.807) is 0 Å². The zero-order chi connectivity index (χ0) is 12.7. The average Bonchev–Trinajstić information content (AvgIpc) is 2.63. The van der Waals surface area contributed by atoms with Gasteiger partial charge in [-0.2, -0.15) is 0 Å². The van der Waals surface area contributed by atoms with Gasteiger partial charge in [0, 0.05) is 13.1 Å². The van der Waals surface area contributed by atoms with Crippen molar-refractivity contribution in [1.29, 1.82) is 0 Å². The van der Waals surface area contributed by atoms with E-state index in [-0.39, 0.29) is 0 Å². The second-order valence-electron chi connectivity index (χ2n) is 4.83. The van der Waals surface area contributed by atoms with Gasteiger partial charge in [0.05, 0.1) is 11.5 Å². The molecule has 1 heterocycles. The Hall–Kier alpha value is -0.130. The second kappa shape index (κ2) is 7.34. The van der Waals surface area contributed by atoms with E-state index in [0.29, 0.717) is 17.4 Å². The number of sulfone groups is 1. The quantitative estimate of drug-likeness (QED) is 0.656. The second-order valence-corrected chi connectivity index (χ2v) is 7.06. The van der Waals surface area contributed by atoms with Crippen LogP contribution < -0.4 is 5.32 Å². The van der Waals surface area contributed by atoms with Crippen LogP contribution in [0.1, 0.15) is 26.7 Å². The highest BCUT2D eigenvalue weighted by Crippen LogP contribution is 2.20. The summed E-state index contributed by atoms with van der Waals surface area (Å²) in [6.45, 7) is 9.57. The van der Waals surface area contributed by atoms with Gasteiger partial charge in [0.1, 0.15) is 0 Å². The van der Waals surface area contributed by atoms with Crippen molar-refractivity contribution in [3.05, 3.63) is 0 Å². The van der Waals surface area contributed by atoms with Crippen molar-refractivity contribution in [3.8, 4) is 0 Å². The van der Waals surface area contributed by atoms with E-state index in [1.807, 2.05) is 0 Å². The molecule has 5 heteroatoms. The maximum absolute atomic E-state index is 11.3. The third-order valence-corrected chi connectivity index (χ3v) is 5.39. The van der Waals surface area contributed by atoms with Crippen molar-refractivity contribution in [2.45, 2.75) is 26.7 Å². The van der Waals surface area contributed by atoms with Crippen molar-refractivity contribution in [2.24, 2.45) is 5.92 Å². The first kappa shape index (κ1) is 14.9. The first-order chi connectivity index (χ1) is 8.07. The zero-order valence-electron chi connectivity index (χ0n) is 11.1. The molecule has 17 heavy (non-hydrogen) atoms. The molecule has 0 radical (unpaired) electrons. The number of hydrogen-bond donors (Lipinski definition) is 1.